The first-order valence-electron chi connectivity index (χ1n) is 5.16. The largest absolute Gasteiger partial charge is 0.384 e. The zero-order chi connectivity index (χ0) is 11.1. The highest BCUT2D eigenvalue weighted by atomic mass is 35.5. The second-order valence-corrected chi connectivity index (χ2v) is 4.26. The van der Waals surface area contributed by atoms with Gasteiger partial charge < -0.3 is 10.1 Å². The van der Waals surface area contributed by atoms with Crippen molar-refractivity contribution >= 4 is 11.6 Å². The Bertz CT molecular complexity index is 291. The Hall–Kier alpha value is -0.570. The molecule has 0 aliphatic heterocycles. The van der Waals surface area contributed by atoms with Crippen LogP contribution in [-0.2, 0) is 11.3 Å². The average Bonchev–Trinajstić information content (AvgIpc) is 2.18. The molecule has 1 aromatic carbocycles. The first-order valence-corrected chi connectivity index (χ1v) is 5.54. The molecule has 1 atom stereocenters. The molecule has 15 heavy (non-hydrogen) atoms. The maximum Gasteiger partial charge on any atom is 0.0499 e. The average molecular weight is 228 g/mol. The molecule has 0 aromatic heterocycles. The maximum absolute atomic E-state index is 5.89. The number of halogens is 1. The van der Waals surface area contributed by atoms with E-state index in [0.29, 0.717) is 5.92 Å². The van der Waals surface area contributed by atoms with Crippen LogP contribution < -0.4 is 5.32 Å². The molecule has 0 spiro atoms. The van der Waals surface area contributed by atoms with E-state index in [4.69, 9.17) is 16.3 Å². The van der Waals surface area contributed by atoms with Crippen molar-refractivity contribution in [3.05, 3.63) is 34.9 Å². The van der Waals surface area contributed by atoms with E-state index in [1.807, 2.05) is 18.2 Å². The summed E-state index contributed by atoms with van der Waals surface area (Å²) in [5.41, 5.74) is 1.21. The van der Waals surface area contributed by atoms with Crippen molar-refractivity contribution < 1.29 is 4.74 Å². The van der Waals surface area contributed by atoms with Gasteiger partial charge in [-0.15, -0.1) is 0 Å². The molecule has 0 amide bonds. The fraction of sp³-hybridized carbons (Fsp3) is 0.500. The summed E-state index contributed by atoms with van der Waals surface area (Å²) >= 11 is 5.89. The van der Waals surface area contributed by atoms with Gasteiger partial charge in [0.25, 0.3) is 0 Å². The molecular formula is C12H18ClNO. The Morgan fingerprint density at radius 1 is 1.47 bits per heavy atom. The standard InChI is InChI=1S/C12H18ClNO/c1-10(9-15-2)7-14-8-11-4-3-5-12(13)6-11/h3-6,10,14H,7-9H2,1-2H3. The van der Waals surface area contributed by atoms with E-state index in [-0.39, 0.29) is 0 Å². The minimum Gasteiger partial charge on any atom is -0.384 e. The van der Waals surface area contributed by atoms with E-state index >= 15 is 0 Å². The topological polar surface area (TPSA) is 21.3 Å². The zero-order valence-electron chi connectivity index (χ0n) is 9.29. The Labute approximate surface area is 96.6 Å². The number of nitrogens with one attached hydrogen (secondary N) is 1. The predicted octanol–water partition coefficient (Wildman–Crippen LogP) is 2.71. The summed E-state index contributed by atoms with van der Waals surface area (Å²) in [4.78, 5) is 0. The maximum atomic E-state index is 5.89. The van der Waals surface area contributed by atoms with Crippen LogP contribution in [-0.4, -0.2) is 20.3 Å². The Morgan fingerprint density at radius 3 is 2.93 bits per heavy atom. The smallest absolute Gasteiger partial charge is 0.0499 e. The molecule has 0 saturated heterocycles. The SMILES string of the molecule is COCC(C)CNCc1cccc(Cl)c1. The lowest BCUT2D eigenvalue weighted by Gasteiger charge is -2.11. The molecule has 0 bridgehead atoms. The summed E-state index contributed by atoms with van der Waals surface area (Å²) in [6, 6.07) is 7.91. The van der Waals surface area contributed by atoms with Crippen molar-refractivity contribution in [3.8, 4) is 0 Å². The van der Waals surface area contributed by atoms with Crippen LogP contribution in [0.2, 0.25) is 5.02 Å². The van der Waals surface area contributed by atoms with Gasteiger partial charge in [-0.3, -0.25) is 0 Å². The number of rotatable bonds is 6. The van der Waals surface area contributed by atoms with Gasteiger partial charge >= 0.3 is 0 Å². The molecule has 0 aliphatic rings. The van der Waals surface area contributed by atoms with Crippen molar-refractivity contribution in [1.82, 2.24) is 5.32 Å². The van der Waals surface area contributed by atoms with Gasteiger partial charge in [0.05, 0.1) is 0 Å². The highest BCUT2D eigenvalue weighted by molar-refractivity contribution is 6.30. The van der Waals surface area contributed by atoms with Crippen molar-refractivity contribution in [2.45, 2.75) is 13.5 Å². The first kappa shape index (κ1) is 12.5. The second-order valence-electron chi connectivity index (χ2n) is 3.82. The molecule has 1 rings (SSSR count). The van der Waals surface area contributed by atoms with Gasteiger partial charge in [0.2, 0.25) is 0 Å². The molecule has 0 radical (unpaired) electrons. The Balaban J connectivity index is 2.25. The Morgan fingerprint density at radius 2 is 2.27 bits per heavy atom. The lowest BCUT2D eigenvalue weighted by molar-refractivity contribution is 0.158. The summed E-state index contributed by atoms with van der Waals surface area (Å²) in [7, 11) is 1.73. The summed E-state index contributed by atoms with van der Waals surface area (Å²) < 4.78 is 5.06. The number of benzene rings is 1. The van der Waals surface area contributed by atoms with Crippen molar-refractivity contribution in [3.63, 3.8) is 0 Å². The van der Waals surface area contributed by atoms with Crippen LogP contribution >= 0.6 is 11.6 Å². The Kier molecular flexibility index (Phi) is 5.69. The normalized spacial score (nSPS) is 12.7. The van der Waals surface area contributed by atoms with E-state index in [2.05, 4.69) is 18.3 Å². The van der Waals surface area contributed by atoms with Crippen LogP contribution in [0.25, 0.3) is 0 Å². The first-order chi connectivity index (χ1) is 7.22. The van der Waals surface area contributed by atoms with Crippen LogP contribution in [0, 0.1) is 5.92 Å². The fourth-order valence-corrected chi connectivity index (χ4v) is 1.67. The molecule has 0 aliphatic carbocycles. The summed E-state index contributed by atoms with van der Waals surface area (Å²) in [5.74, 6) is 0.536. The summed E-state index contributed by atoms with van der Waals surface area (Å²) in [6.07, 6.45) is 0. The van der Waals surface area contributed by atoms with Gasteiger partial charge in [0.1, 0.15) is 0 Å². The van der Waals surface area contributed by atoms with Crippen molar-refractivity contribution in [2.24, 2.45) is 5.92 Å². The third kappa shape index (κ3) is 5.17. The molecule has 0 fully saturated rings. The van der Waals surface area contributed by atoms with E-state index in [0.717, 1.165) is 24.7 Å². The second kappa shape index (κ2) is 6.83. The van der Waals surface area contributed by atoms with E-state index < -0.39 is 0 Å². The fourth-order valence-electron chi connectivity index (χ4n) is 1.45. The third-order valence-corrected chi connectivity index (χ3v) is 2.40. The molecular weight excluding hydrogens is 210 g/mol. The van der Waals surface area contributed by atoms with Gasteiger partial charge in [0, 0.05) is 31.8 Å². The monoisotopic (exact) mass is 227 g/mol. The lowest BCUT2D eigenvalue weighted by Crippen LogP contribution is -2.23. The molecule has 2 nitrogen and oxygen atoms in total. The number of hydrogen-bond acceptors (Lipinski definition) is 2. The number of hydrogen-bond donors (Lipinski definition) is 1. The number of ether oxygens (including phenoxy) is 1. The van der Waals surface area contributed by atoms with Crippen molar-refractivity contribution in [2.75, 3.05) is 20.3 Å². The quantitative estimate of drug-likeness (QED) is 0.807. The van der Waals surface area contributed by atoms with Crippen LogP contribution in [0.1, 0.15) is 12.5 Å². The van der Waals surface area contributed by atoms with Crippen LogP contribution in [0.15, 0.2) is 24.3 Å². The van der Waals surface area contributed by atoms with Gasteiger partial charge in [-0.05, 0) is 23.6 Å². The van der Waals surface area contributed by atoms with Crippen LogP contribution in [0.4, 0.5) is 0 Å². The molecule has 1 unspecified atom stereocenters. The van der Waals surface area contributed by atoms with Crippen molar-refractivity contribution in [1.29, 1.82) is 0 Å². The van der Waals surface area contributed by atoms with E-state index in [1.165, 1.54) is 5.56 Å². The van der Waals surface area contributed by atoms with Crippen LogP contribution in [0.3, 0.4) is 0 Å². The predicted molar refractivity (Wildman–Crippen MR) is 64.2 cm³/mol. The molecule has 0 heterocycles. The zero-order valence-corrected chi connectivity index (χ0v) is 10.1. The van der Waals surface area contributed by atoms with Gasteiger partial charge in [-0.25, -0.2) is 0 Å². The molecule has 0 saturated carbocycles. The molecule has 84 valence electrons. The van der Waals surface area contributed by atoms with Crippen LogP contribution in [0.5, 0.6) is 0 Å². The summed E-state index contributed by atoms with van der Waals surface area (Å²) in [5, 5.41) is 4.17. The minimum atomic E-state index is 0.536. The van der Waals surface area contributed by atoms with Gasteiger partial charge in [-0.2, -0.15) is 0 Å². The van der Waals surface area contributed by atoms with Gasteiger partial charge in [-0.1, -0.05) is 30.7 Å². The van der Waals surface area contributed by atoms with E-state index in [9.17, 15) is 0 Å². The third-order valence-electron chi connectivity index (χ3n) is 2.16. The molecule has 3 heteroatoms. The lowest BCUT2D eigenvalue weighted by atomic mass is 10.2. The van der Waals surface area contributed by atoms with Gasteiger partial charge in [0.15, 0.2) is 0 Å². The molecule has 1 N–H and O–H groups in total. The summed E-state index contributed by atoms with van der Waals surface area (Å²) in [6.45, 7) is 4.77. The molecule has 1 aromatic rings. The minimum absolute atomic E-state index is 0.536. The highest BCUT2D eigenvalue weighted by Gasteiger charge is 2.00. The highest BCUT2D eigenvalue weighted by Crippen LogP contribution is 2.10. The van der Waals surface area contributed by atoms with E-state index in [1.54, 1.807) is 7.11 Å². The number of methoxy groups -OCH3 is 1.